The number of hydrogen-bond acceptors (Lipinski definition) is 1. The number of rotatable bonds is 5. The van der Waals surface area contributed by atoms with Crippen LogP contribution in [0.25, 0.3) is 0 Å². The molecule has 0 aliphatic carbocycles. The Morgan fingerprint density at radius 2 is 2.00 bits per heavy atom. The number of benzene rings is 1. The van der Waals surface area contributed by atoms with E-state index in [2.05, 4.69) is 73.3 Å². The van der Waals surface area contributed by atoms with Crippen LogP contribution >= 0.6 is 0 Å². The summed E-state index contributed by atoms with van der Waals surface area (Å²) in [6.07, 6.45) is 2.13. The number of anilines is 1. The third-order valence-corrected chi connectivity index (χ3v) is 3.29. The van der Waals surface area contributed by atoms with Crippen molar-refractivity contribution in [1.29, 1.82) is 0 Å². The van der Waals surface area contributed by atoms with Crippen LogP contribution in [0.2, 0.25) is 0 Å². The first-order valence-electron chi connectivity index (χ1n) is 6.68. The molecule has 0 unspecified atom stereocenters. The number of nitrogens with one attached hydrogen (secondary N) is 1. The van der Waals surface area contributed by atoms with Crippen LogP contribution in [-0.4, -0.2) is 4.57 Å². The van der Waals surface area contributed by atoms with Crippen LogP contribution in [-0.2, 0) is 13.1 Å². The van der Waals surface area contributed by atoms with Gasteiger partial charge in [0.25, 0.3) is 0 Å². The smallest absolute Gasteiger partial charge is 0.0553 e. The standard InChI is InChI=1S/C16H22N2/c1-4-18-10-6-9-16(18)12-17-15-8-5-7-14(11-15)13(2)3/h5-11,13,17H,4,12H2,1-3H3. The molecule has 0 aliphatic rings. The van der Waals surface area contributed by atoms with E-state index in [-0.39, 0.29) is 0 Å². The second kappa shape index (κ2) is 5.76. The molecule has 0 saturated heterocycles. The maximum absolute atomic E-state index is 3.50. The molecule has 1 aromatic heterocycles. The van der Waals surface area contributed by atoms with Crippen molar-refractivity contribution in [3.8, 4) is 0 Å². The van der Waals surface area contributed by atoms with Gasteiger partial charge in [-0.25, -0.2) is 0 Å². The van der Waals surface area contributed by atoms with Crippen molar-refractivity contribution in [1.82, 2.24) is 4.57 Å². The molecular weight excluding hydrogens is 220 g/mol. The normalized spacial score (nSPS) is 10.9. The first-order chi connectivity index (χ1) is 8.70. The SMILES string of the molecule is CCn1cccc1CNc1cccc(C(C)C)c1. The van der Waals surface area contributed by atoms with E-state index in [4.69, 9.17) is 0 Å². The fraction of sp³-hybridized carbons (Fsp3) is 0.375. The molecule has 1 aromatic carbocycles. The van der Waals surface area contributed by atoms with E-state index in [0.29, 0.717) is 5.92 Å². The van der Waals surface area contributed by atoms with Crippen LogP contribution in [0, 0.1) is 0 Å². The summed E-state index contributed by atoms with van der Waals surface area (Å²) >= 11 is 0. The van der Waals surface area contributed by atoms with Gasteiger partial charge < -0.3 is 9.88 Å². The van der Waals surface area contributed by atoms with E-state index in [9.17, 15) is 0 Å². The Kier molecular flexibility index (Phi) is 4.08. The minimum Gasteiger partial charge on any atom is -0.379 e. The third-order valence-electron chi connectivity index (χ3n) is 3.29. The molecule has 0 saturated carbocycles. The van der Waals surface area contributed by atoms with E-state index < -0.39 is 0 Å². The monoisotopic (exact) mass is 242 g/mol. The van der Waals surface area contributed by atoms with Crippen molar-refractivity contribution in [2.75, 3.05) is 5.32 Å². The predicted octanol–water partition coefficient (Wildman–Crippen LogP) is 4.24. The largest absolute Gasteiger partial charge is 0.379 e. The lowest BCUT2D eigenvalue weighted by atomic mass is 10.0. The van der Waals surface area contributed by atoms with Gasteiger partial charge in [-0.05, 0) is 42.7 Å². The van der Waals surface area contributed by atoms with Crippen LogP contribution in [0.3, 0.4) is 0 Å². The average molecular weight is 242 g/mol. The predicted molar refractivity (Wildman–Crippen MR) is 78.0 cm³/mol. The Morgan fingerprint density at radius 3 is 2.72 bits per heavy atom. The summed E-state index contributed by atoms with van der Waals surface area (Å²) in [7, 11) is 0. The highest BCUT2D eigenvalue weighted by molar-refractivity contribution is 5.46. The summed E-state index contributed by atoms with van der Waals surface area (Å²) in [5.41, 5.74) is 3.91. The minimum absolute atomic E-state index is 0.575. The van der Waals surface area contributed by atoms with Gasteiger partial charge in [-0.1, -0.05) is 26.0 Å². The molecule has 0 bridgehead atoms. The summed E-state index contributed by atoms with van der Waals surface area (Å²) in [6.45, 7) is 8.52. The van der Waals surface area contributed by atoms with Gasteiger partial charge in [-0.3, -0.25) is 0 Å². The van der Waals surface area contributed by atoms with Crippen LogP contribution in [0.15, 0.2) is 42.6 Å². The van der Waals surface area contributed by atoms with Crippen molar-refractivity contribution in [2.24, 2.45) is 0 Å². The van der Waals surface area contributed by atoms with Crippen LogP contribution in [0.1, 0.15) is 37.9 Å². The van der Waals surface area contributed by atoms with E-state index in [1.54, 1.807) is 0 Å². The minimum atomic E-state index is 0.575. The zero-order chi connectivity index (χ0) is 13.0. The number of aryl methyl sites for hydroxylation is 1. The van der Waals surface area contributed by atoms with E-state index >= 15 is 0 Å². The molecule has 0 spiro atoms. The fourth-order valence-electron chi connectivity index (χ4n) is 2.12. The first kappa shape index (κ1) is 12.7. The summed E-state index contributed by atoms with van der Waals surface area (Å²) in [5, 5.41) is 3.50. The maximum atomic E-state index is 3.50. The number of aromatic nitrogens is 1. The summed E-state index contributed by atoms with van der Waals surface area (Å²) in [4.78, 5) is 0. The lowest BCUT2D eigenvalue weighted by Crippen LogP contribution is -2.06. The lowest BCUT2D eigenvalue weighted by Gasteiger charge is -2.11. The molecular formula is C16H22N2. The van der Waals surface area contributed by atoms with E-state index in [1.807, 2.05) is 0 Å². The van der Waals surface area contributed by atoms with Gasteiger partial charge in [0.05, 0.1) is 6.54 Å². The highest BCUT2D eigenvalue weighted by Gasteiger charge is 2.02. The molecule has 0 fully saturated rings. The average Bonchev–Trinajstić information content (AvgIpc) is 2.84. The molecule has 1 heterocycles. The molecule has 0 radical (unpaired) electrons. The summed E-state index contributed by atoms with van der Waals surface area (Å²) in [5.74, 6) is 0.575. The van der Waals surface area contributed by atoms with Crippen molar-refractivity contribution >= 4 is 5.69 Å². The Morgan fingerprint density at radius 1 is 1.17 bits per heavy atom. The molecule has 2 aromatic rings. The van der Waals surface area contributed by atoms with Crippen LogP contribution in [0.5, 0.6) is 0 Å². The van der Waals surface area contributed by atoms with Gasteiger partial charge >= 0.3 is 0 Å². The van der Waals surface area contributed by atoms with E-state index in [0.717, 1.165) is 13.1 Å². The van der Waals surface area contributed by atoms with Gasteiger partial charge in [0, 0.05) is 24.1 Å². The Hall–Kier alpha value is -1.70. The molecule has 0 amide bonds. The quantitative estimate of drug-likeness (QED) is 0.829. The van der Waals surface area contributed by atoms with Crippen molar-refractivity contribution < 1.29 is 0 Å². The van der Waals surface area contributed by atoms with Gasteiger partial charge in [0.1, 0.15) is 0 Å². The third kappa shape index (κ3) is 2.95. The zero-order valence-electron chi connectivity index (χ0n) is 11.5. The van der Waals surface area contributed by atoms with Crippen molar-refractivity contribution in [3.63, 3.8) is 0 Å². The molecule has 2 nitrogen and oxygen atoms in total. The summed E-state index contributed by atoms with van der Waals surface area (Å²) in [6, 6.07) is 12.9. The second-order valence-corrected chi connectivity index (χ2v) is 4.92. The molecule has 2 rings (SSSR count). The lowest BCUT2D eigenvalue weighted by molar-refractivity contribution is 0.724. The molecule has 0 aliphatic heterocycles. The van der Waals surface area contributed by atoms with Gasteiger partial charge in [-0.2, -0.15) is 0 Å². The van der Waals surface area contributed by atoms with Gasteiger partial charge in [0.15, 0.2) is 0 Å². The molecule has 18 heavy (non-hydrogen) atoms. The second-order valence-electron chi connectivity index (χ2n) is 4.92. The number of nitrogens with zero attached hydrogens (tertiary/aromatic N) is 1. The highest BCUT2D eigenvalue weighted by Crippen LogP contribution is 2.19. The van der Waals surface area contributed by atoms with E-state index in [1.165, 1.54) is 16.9 Å². The molecule has 96 valence electrons. The van der Waals surface area contributed by atoms with Gasteiger partial charge in [-0.15, -0.1) is 0 Å². The zero-order valence-corrected chi connectivity index (χ0v) is 11.5. The van der Waals surface area contributed by atoms with Crippen molar-refractivity contribution in [2.45, 2.75) is 39.8 Å². The Bertz CT molecular complexity index is 497. The van der Waals surface area contributed by atoms with Crippen LogP contribution in [0.4, 0.5) is 5.69 Å². The highest BCUT2D eigenvalue weighted by atomic mass is 15.0. The maximum Gasteiger partial charge on any atom is 0.0553 e. The first-order valence-corrected chi connectivity index (χ1v) is 6.68. The van der Waals surface area contributed by atoms with Crippen molar-refractivity contribution in [3.05, 3.63) is 53.9 Å². The molecule has 1 N–H and O–H groups in total. The van der Waals surface area contributed by atoms with Crippen LogP contribution < -0.4 is 5.32 Å². The number of hydrogen-bond donors (Lipinski definition) is 1. The van der Waals surface area contributed by atoms with Gasteiger partial charge in [0.2, 0.25) is 0 Å². The Balaban J connectivity index is 2.04. The summed E-state index contributed by atoms with van der Waals surface area (Å²) < 4.78 is 2.26. The molecule has 2 heteroatoms. The topological polar surface area (TPSA) is 17.0 Å². The molecule has 0 atom stereocenters. The fourth-order valence-corrected chi connectivity index (χ4v) is 2.12. The Labute approximate surface area is 110 Å².